The lowest BCUT2D eigenvalue weighted by Gasteiger charge is -2.17. The van der Waals surface area contributed by atoms with Crippen LogP contribution in [0.3, 0.4) is 0 Å². The molecule has 0 saturated carbocycles. The molecule has 6 heterocycles. The van der Waals surface area contributed by atoms with Gasteiger partial charge >= 0.3 is 11.8 Å². The van der Waals surface area contributed by atoms with E-state index in [-0.39, 0.29) is 40.8 Å². The van der Waals surface area contributed by atoms with Crippen molar-refractivity contribution in [3.8, 4) is 5.88 Å². The molecule has 4 N–H and O–H groups in total. The molecule has 6 aromatic heterocycles. The van der Waals surface area contributed by atoms with Crippen molar-refractivity contribution >= 4 is 58.4 Å². The van der Waals surface area contributed by atoms with Crippen LogP contribution in [0.15, 0.2) is 106 Å². The van der Waals surface area contributed by atoms with Crippen LogP contribution >= 0.6 is 35.0 Å². The van der Waals surface area contributed by atoms with E-state index < -0.39 is 84.0 Å². The van der Waals surface area contributed by atoms with Crippen LogP contribution in [0, 0.1) is 5.82 Å². The molecule has 6 rings (SSSR count). The molecule has 0 unspecified atom stereocenters. The lowest BCUT2D eigenvalue weighted by atomic mass is 10.2. The Bertz CT molecular complexity index is 2720. The maximum Gasteiger partial charge on any atom is 0.306 e. The maximum atomic E-state index is 14.5. The molecule has 342 valence electrons. The van der Waals surface area contributed by atoms with E-state index in [1.54, 1.807) is 12.3 Å². The number of nitrogens with one attached hydrogen (secondary N) is 4. The number of carbonyl (C=O) groups is 2. The first-order chi connectivity index (χ1) is 31.0. The Morgan fingerprint density at radius 2 is 1.22 bits per heavy atom. The van der Waals surface area contributed by atoms with Gasteiger partial charge in [-0.25, -0.2) is 19.3 Å². The van der Waals surface area contributed by atoms with Gasteiger partial charge in [0.05, 0.1) is 57.1 Å². The van der Waals surface area contributed by atoms with Crippen molar-refractivity contribution in [2.24, 2.45) is 0 Å². The van der Waals surface area contributed by atoms with Crippen LogP contribution in [-0.2, 0) is 47.6 Å². The number of hydrogen-bond donors (Lipinski definition) is 4. The van der Waals surface area contributed by atoms with Crippen LogP contribution in [0.5, 0.6) is 5.88 Å². The van der Waals surface area contributed by atoms with E-state index in [1.165, 1.54) is 73.7 Å². The quantitative estimate of drug-likeness (QED) is 0.0638. The summed E-state index contributed by atoms with van der Waals surface area (Å²) in [6, 6.07) is 14.3. The Hall–Kier alpha value is -6.72. The molecule has 0 aromatic carbocycles. The summed E-state index contributed by atoms with van der Waals surface area (Å²) in [6.07, 6.45) is 8.28. The van der Waals surface area contributed by atoms with Crippen molar-refractivity contribution in [1.82, 2.24) is 49.7 Å². The molecule has 0 aliphatic rings. The third-order valence-corrected chi connectivity index (χ3v) is 10.1. The molecule has 0 saturated heterocycles. The van der Waals surface area contributed by atoms with Crippen molar-refractivity contribution in [1.29, 1.82) is 0 Å². The molecule has 0 aliphatic carbocycles. The number of carbonyl (C=O) groups excluding carboxylic acids is 2. The van der Waals surface area contributed by atoms with Crippen LogP contribution in [0.2, 0.25) is 10.3 Å². The lowest BCUT2D eigenvalue weighted by Crippen LogP contribution is -2.35. The molecule has 0 radical (unpaired) electrons. The first-order valence-electron chi connectivity index (χ1n) is 18.8. The summed E-state index contributed by atoms with van der Waals surface area (Å²) in [7, 11) is 1.30. The molecule has 6 aromatic rings. The number of ether oxygens (including phenoxy) is 1. The van der Waals surface area contributed by atoms with Crippen LogP contribution in [0.25, 0.3) is 0 Å². The highest BCUT2D eigenvalue weighted by Gasteiger charge is 2.35. The van der Waals surface area contributed by atoms with E-state index in [0.717, 1.165) is 32.5 Å². The molecule has 25 heteroatoms. The molecule has 2 amide bonds. The van der Waals surface area contributed by atoms with E-state index in [1.807, 2.05) is 12.3 Å². The third-order valence-electron chi connectivity index (χ3n) is 8.73. The number of amides is 2. The van der Waals surface area contributed by atoms with E-state index >= 15 is 0 Å². The number of anilines is 2. The Balaban J connectivity index is 0.000000244. The Morgan fingerprint density at radius 3 is 1.75 bits per heavy atom. The van der Waals surface area contributed by atoms with Gasteiger partial charge in [0.1, 0.15) is 40.6 Å². The smallest absolute Gasteiger partial charge is 0.306 e. The topological polar surface area (TPSA) is 213 Å². The van der Waals surface area contributed by atoms with Crippen LogP contribution < -0.4 is 37.1 Å². The van der Waals surface area contributed by atoms with Gasteiger partial charge in [-0.1, -0.05) is 35.3 Å². The van der Waals surface area contributed by atoms with E-state index in [0.29, 0.717) is 5.69 Å². The maximum absolute atomic E-state index is 14.5. The zero-order chi connectivity index (χ0) is 47.1. The predicted molar refractivity (Wildman–Crippen MR) is 231 cm³/mol. The van der Waals surface area contributed by atoms with Gasteiger partial charge < -0.3 is 26.0 Å². The molecule has 0 fully saturated rings. The van der Waals surface area contributed by atoms with E-state index in [4.69, 9.17) is 27.9 Å². The van der Waals surface area contributed by atoms with Gasteiger partial charge in [0.2, 0.25) is 17.7 Å². The van der Waals surface area contributed by atoms with Gasteiger partial charge in [-0.3, -0.25) is 43.3 Å². The van der Waals surface area contributed by atoms with Gasteiger partial charge in [-0.2, -0.15) is 17.6 Å². The average Bonchev–Trinajstić information content (AvgIpc) is 3.30. The van der Waals surface area contributed by atoms with Crippen LogP contribution in [0.4, 0.5) is 33.6 Å². The summed E-state index contributed by atoms with van der Waals surface area (Å²) in [4.78, 5) is 73.7. The van der Waals surface area contributed by atoms with Crippen LogP contribution in [-0.4, -0.2) is 77.3 Å². The van der Waals surface area contributed by atoms with Gasteiger partial charge in [-0.05, 0) is 48.7 Å². The summed E-state index contributed by atoms with van der Waals surface area (Å²) in [5.41, 5.74) is -2.01. The van der Waals surface area contributed by atoms with Crippen molar-refractivity contribution in [3.05, 3.63) is 151 Å². The average molecular weight is 964 g/mol. The fraction of sp³-hybridized carbons (Fsp3) is 0.250. The number of nitrogens with zero attached hydrogens (tertiary/aromatic N) is 8. The Morgan fingerprint density at radius 1 is 0.692 bits per heavy atom. The summed E-state index contributed by atoms with van der Waals surface area (Å²) in [5, 5.41) is 9.39. The fourth-order valence-corrected chi connectivity index (χ4v) is 6.35. The van der Waals surface area contributed by atoms with Gasteiger partial charge in [0.25, 0.3) is 11.1 Å². The summed E-state index contributed by atoms with van der Waals surface area (Å²) in [5.74, 6) is -9.36. The minimum atomic E-state index is -3.46. The number of pyridine rings is 4. The number of hydrogen-bond acceptors (Lipinski definition) is 14. The standard InChI is InChI=1S/C20H18ClF3N6O3.C20H19ClF2N6O2S/c1-33-17-6-2-5-14(29-17)20(23,24)11-28-18-19(32)30(15(21)9-27-18)10-16(31)26-8-13-12(22)4-3-7-25-13;1-32-14-5-4-8-24-13(14)9-26-17(30)11-29-16(21)10-27-18(19(29)31)28-12-20(22,23)15-6-2-3-7-25-15/h2-7,9H,8,10-11H2,1H3,(H,26,31)(H,27,28);2-8,10H,9,11-12H2,1H3,(H,26,30)(H,27,28). The number of aromatic nitrogens is 8. The largest absolute Gasteiger partial charge is 0.481 e. The van der Waals surface area contributed by atoms with Crippen molar-refractivity contribution in [3.63, 3.8) is 0 Å². The normalized spacial score (nSPS) is 11.2. The van der Waals surface area contributed by atoms with Crippen molar-refractivity contribution in [2.75, 3.05) is 37.1 Å². The minimum absolute atomic E-state index is 0.00904. The first kappa shape index (κ1) is 49.3. The zero-order valence-electron chi connectivity index (χ0n) is 34.1. The molecule has 0 bridgehead atoms. The minimum Gasteiger partial charge on any atom is -0.481 e. The predicted octanol–water partition coefficient (Wildman–Crippen LogP) is 5.28. The summed E-state index contributed by atoms with van der Waals surface area (Å²) in [6.45, 7) is -2.91. The first-order valence-corrected chi connectivity index (χ1v) is 20.8. The second kappa shape index (κ2) is 22.8. The van der Waals surface area contributed by atoms with Crippen LogP contribution in [0.1, 0.15) is 22.8 Å². The Kier molecular flexibility index (Phi) is 17.3. The van der Waals surface area contributed by atoms with Crippen molar-refractivity contribution in [2.45, 2.75) is 42.9 Å². The number of thioether (sulfide) groups is 1. The van der Waals surface area contributed by atoms with E-state index in [9.17, 15) is 41.1 Å². The molecular formula is C40H37Cl2F5N12O5S. The highest BCUT2D eigenvalue weighted by Crippen LogP contribution is 2.28. The molecule has 0 spiro atoms. The van der Waals surface area contributed by atoms with E-state index in [2.05, 4.69) is 51.2 Å². The lowest BCUT2D eigenvalue weighted by molar-refractivity contribution is -0.122. The van der Waals surface area contributed by atoms with Gasteiger partial charge in [0, 0.05) is 29.6 Å². The second-order valence-electron chi connectivity index (χ2n) is 13.2. The number of alkyl halides is 4. The van der Waals surface area contributed by atoms with Crippen molar-refractivity contribution < 1.29 is 36.3 Å². The summed E-state index contributed by atoms with van der Waals surface area (Å²) >= 11 is 13.5. The number of methoxy groups -OCH3 is 1. The second-order valence-corrected chi connectivity index (χ2v) is 14.8. The molecule has 0 atom stereocenters. The van der Waals surface area contributed by atoms with Gasteiger partial charge in [-0.15, -0.1) is 11.8 Å². The SMILES string of the molecule is COc1cccc(C(F)(F)CNc2ncc(Cl)n(CC(=O)NCc3ncccc3F)c2=O)n1.CSc1cccnc1CNC(=O)Cn1c(Cl)cnc(NCC(F)(F)c2ccccn2)c1=O. The highest BCUT2D eigenvalue weighted by atomic mass is 35.5. The zero-order valence-corrected chi connectivity index (χ0v) is 36.4. The summed E-state index contributed by atoms with van der Waals surface area (Å²) < 4.78 is 78.0. The molecular weight excluding hydrogens is 926 g/mol. The fourth-order valence-electron chi connectivity index (χ4n) is 5.41. The molecule has 17 nitrogen and oxygen atoms in total. The molecule has 0 aliphatic heterocycles. The third kappa shape index (κ3) is 13.6. The number of halogens is 7. The molecule has 65 heavy (non-hydrogen) atoms. The number of rotatable bonds is 18. The monoisotopic (exact) mass is 962 g/mol. The Labute approximate surface area is 380 Å². The highest BCUT2D eigenvalue weighted by molar-refractivity contribution is 7.98. The van der Waals surface area contributed by atoms with Gasteiger partial charge in [0.15, 0.2) is 11.6 Å².